The van der Waals surface area contributed by atoms with Crippen LogP contribution in [0.1, 0.15) is 0 Å². The summed E-state index contributed by atoms with van der Waals surface area (Å²) in [5.74, 6) is 0.751. The smallest absolute Gasteiger partial charge is 0.161 e. The monoisotopic (exact) mass is 514 g/mol. The number of thiophene rings is 1. The van der Waals surface area contributed by atoms with Gasteiger partial charge in [-0.2, -0.15) is 0 Å². The summed E-state index contributed by atoms with van der Waals surface area (Å²) in [6.07, 6.45) is 0. The van der Waals surface area contributed by atoms with Gasteiger partial charge < -0.3 is 0 Å². The predicted octanol–water partition coefficient (Wildman–Crippen LogP) is 10.2. The van der Waals surface area contributed by atoms with Crippen LogP contribution in [0.5, 0.6) is 0 Å². The van der Waals surface area contributed by atoms with E-state index in [1.165, 1.54) is 37.0 Å². The molecule has 0 atom stereocenters. The first kappa shape index (κ1) is 22.2. The molecule has 0 saturated carbocycles. The maximum Gasteiger partial charge on any atom is 0.161 e. The van der Waals surface area contributed by atoms with E-state index in [0.29, 0.717) is 0 Å². The molecule has 0 radical (unpaired) electrons. The van der Waals surface area contributed by atoms with Crippen molar-refractivity contribution in [3.63, 3.8) is 0 Å². The molecule has 0 unspecified atom stereocenters. The summed E-state index contributed by atoms with van der Waals surface area (Å²) in [4.78, 5) is 11.6. The maximum atomic E-state index is 5.27. The van der Waals surface area contributed by atoms with E-state index in [-0.39, 0.29) is 0 Å². The number of aromatic nitrogens is 2. The van der Waals surface area contributed by atoms with Gasteiger partial charge >= 0.3 is 0 Å². The van der Waals surface area contributed by atoms with Gasteiger partial charge in [0.2, 0.25) is 0 Å². The second-order valence-corrected chi connectivity index (χ2v) is 10.9. The number of nitrogens with zero attached hydrogens (tertiary/aromatic N) is 2. The van der Waals surface area contributed by atoms with Crippen LogP contribution in [0, 0.1) is 0 Å². The van der Waals surface area contributed by atoms with Gasteiger partial charge in [0.15, 0.2) is 5.82 Å². The number of hydrogen-bond acceptors (Lipinski definition) is 3. The van der Waals surface area contributed by atoms with Crippen LogP contribution in [-0.2, 0) is 0 Å². The minimum Gasteiger partial charge on any atom is -0.228 e. The first-order valence-corrected chi connectivity index (χ1v) is 13.9. The van der Waals surface area contributed by atoms with Gasteiger partial charge in [-0.05, 0) is 62.0 Å². The molecule has 2 nitrogen and oxygen atoms in total. The van der Waals surface area contributed by atoms with E-state index in [1.807, 2.05) is 6.07 Å². The molecule has 0 amide bonds. The lowest BCUT2D eigenvalue weighted by molar-refractivity contribution is 1.20. The van der Waals surface area contributed by atoms with Crippen molar-refractivity contribution in [3.8, 4) is 33.2 Å². The normalized spacial score (nSPS) is 11.6. The molecule has 6 aromatic carbocycles. The molecule has 8 rings (SSSR count). The van der Waals surface area contributed by atoms with Crippen molar-refractivity contribution in [2.45, 2.75) is 0 Å². The molecule has 0 spiro atoms. The molecule has 0 aliphatic rings. The number of rotatable bonds is 3. The topological polar surface area (TPSA) is 25.8 Å². The second-order valence-electron chi connectivity index (χ2n) is 9.83. The van der Waals surface area contributed by atoms with Crippen molar-refractivity contribution >= 4 is 53.7 Å². The van der Waals surface area contributed by atoms with E-state index in [4.69, 9.17) is 9.97 Å². The fraction of sp³-hybridized carbons (Fsp3) is 0. The second kappa shape index (κ2) is 8.87. The summed E-state index contributed by atoms with van der Waals surface area (Å²) < 4.78 is 1.26. The standard InChI is InChI=1S/C36H22N2S/c1-2-11-24(12-3-1)31-22-32(34-21-26-14-6-9-17-33(26)39-34)38-36(37-31)35-28-16-8-5-13-25(28)20-30-27-15-7-4-10-23(27)18-19-29(30)35/h1-22H. The highest BCUT2D eigenvalue weighted by Gasteiger charge is 2.18. The van der Waals surface area contributed by atoms with Gasteiger partial charge in [0.05, 0.1) is 16.3 Å². The van der Waals surface area contributed by atoms with Crippen molar-refractivity contribution in [2.24, 2.45) is 0 Å². The summed E-state index contributed by atoms with van der Waals surface area (Å²) in [7, 11) is 0. The van der Waals surface area contributed by atoms with Crippen LogP contribution in [0.25, 0.3) is 75.6 Å². The van der Waals surface area contributed by atoms with Crippen LogP contribution in [0.3, 0.4) is 0 Å². The zero-order valence-electron chi connectivity index (χ0n) is 21.0. The van der Waals surface area contributed by atoms with E-state index in [2.05, 4.69) is 127 Å². The molecule has 3 heteroatoms. The van der Waals surface area contributed by atoms with E-state index in [9.17, 15) is 0 Å². The van der Waals surface area contributed by atoms with Gasteiger partial charge in [-0.25, -0.2) is 9.97 Å². The van der Waals surface area contributed by atoms with Gasteiger partial charge in [0.25, 0.3) is 0 Å². The van der Waals surface area contributed by atoms with E-state index < -0.39 is 0 Å². The lowest BCUT2D eigenvalue weighted by Gasteiger charge is -2.14. The van der Waals surface area contributed by atoms with Crippen LogP contribution < -0.4 is 0 Å². The highest BCUT2D eigenvalue weighted by Crippen LogP contribution is 2.40. The highest BCUT2D eigenvalue weighted by molar-refractivity contribution is 7.22. The Morgan fingerprint density at radius 2 is 1.13 bits per heavy atom. The van der Waals surface area contributed by atoms with Gasteiger partial charge in [-0.1, -0.05) is 109 Å². The molecule has 8 aromatic rings. The fourth-order valence-electron chi connectivity index (χ4n) is 5.61. The Morgan fingerprint density at radius 1 is 0.436 bits per heavy atom. The SMILES string of the molecule is c1ccc(-c2cc(-c3cc4ccccc4s3)nc(-c3c4ccccc4cc4c3ccc3ccccc34)n2)cc1. The van der Waals surface area contributed by atoms with Crippen molar-refractivity contribution in [1.29, 1.82) is 0 Å². The van der Waals surface area contributed by atoms with Crippen molar-refractivity contribution in [3.05, 3.63) is 133 Å². The van der Waals surface area contributed by atoms with Crippen LogP contribution in [-0.4, -0.2) is 9.97 Å². The van der Waals surface area contributed by atoms with Crippen molar-refractivity contribution in [1.82, 2.24) is 9.97 Å². The third-order valence-electron chi connectivity index (χ3n) is 7.47. The lowest BCUT2D eigenvalue weighted by atomic mass is 9.93. The Labute approximate surface area is 229 Å². The molecule has 182 valence electrons. The lowest BCUT2D eigenvalue weighted by Crippen LogP contribution is -1.97. The molecule has 0 saturated heterocycles. The summed E-state index contributed by atoms with van der Waals surface area (Å²) in [5, 5.41) is 8.45. The number of benzene rings is 6. The van der Waals surface area contributed by atoms with Crippen LogP contribution >= 0.6 is 11.3 Å². The quantitative estimate of drug-likeness (QED) is 0.173. The molecule has 0 aliphatic heterocycles. The molecular weight excluding hydrogens is 492 g/mol. The molecule has 0 fully saturated rings. The minimum absolute atomic E-state index is 0.751. The average molecular weight is 515 g/mol. The average Bonchev–Trinajstić information content (AvgIpc) is 3.45. The minimum atomic E-state index is 0.751. The van der Waals surface area contributed by atoms with E-state index in [0.717, 1.165) is 38.6 Å². The van der Waals surface area contributed by atoms with Crippen LogP contribution in [0.4, 0.5) is 0 Å². The summed E-state index contributed by atoms with van der Waals surface area (Å²) in [5.41, 5.74) is 4.03. The molecule has 2 heterocycles. The molecule has 0 bridgehead atoms. The van der Waals surface area contributed by atoms with Gasteiger partial charge in [0, 0.05) is 15.8 Å². The Balaban J connectivity index is 1.48. The van der Waals surface area contributed by atoms with Gasteiger partial charge in [0.1, 0.15) is 0 Å². The van der Waals surface area contributed by atoms with Crippen LogP contribution in [0.2, 0.25) is 0 Å². The Morgan fingerprint density at radius 3 is 1.97 bits per heavy atom. The Hall–Kier alpha value is -4.86. The van der Waals surface area contributed by atoms with E-state index >= 15 is 0 Å². The van der Waals surface area contributed by atoms with Gasteiger partial charge in [-0.15, -0.1) is 11.3 Å². The first-order valence-electron chi connectivity index (χ1n) is 13.1. The molecule has 2 aromatic heterocycles. The zero-order valence-corrected chi connectivity index (χ0v) is 21.8. The summed E-state index contributed by atoms with van der Waals surface area (Å²) in [6, 6.07) is 47.3. The van der Waals surface area contributed by atoms with Gasteiger partial charge in [-0.3, -0.25) is 0 Å². The van der Waals surface area contributed by atoms with Crippen molar-refractivity contribution < 1.29 is 0 Å². The molecule has 0 N–H and O–H groups in total. The Bertz CT molecular complexity index is 2140. The number of hydrogen-bond donors (Lipinski definition) is 0. The van der Waals surface area contributed by atoms with Crippen LogP contribution in [0.15, 0.2) is 133 Å². The third-order valence-corrected chi connectivity index (χ3v) is 8.61. The highest BCUT2D eigenvalue weighted by atomic mass is 32.1. The summed E-state index contributed by atoms with van der Waals surface area (Å²) in [6.45, 7) is 0. The maximum absolute atomic E-state index is 5.27. The summed E-state index contributed by atoms with van der Waals surface area (Å²) >= 11 is 1.78. The number of fused-ring (bicyclic) bond motifs is 5. The first-order chi connectivity index (χ1) is 19.3. The van der Waals surface area contributed by atoms with Crippen molar-refractivity contribution in [2.75, 3.05) is 0 Å². The molecular formula is C36H22N2S. The fourth-order valence-corrected chi connectivity index (χ4v) is 6.63. The largest absolute Gasteiger partial charge is 0.228 e. The molecule has 39 heavy (non-hydrogen) atoms. The molecule has 0 aliphatic carbocycles. The predicted molar refractivity (Wildman–Crippen MR) is 166 cm³/mol. The van der Waals surface area contributed by atoms with E-state index in [1.54, 1.807) is 11.3 Å². The third kappa shape index (κ3) is 3.70. The Kier molecular flexibility index (Phi) is 5.04. The zero-order chi connectivity index (χ0) is 25.8.